The van der Waals surface area contributed by atoms with Gasteiger partial charge >= 0.3 is 0 Å². The normalized spacial score (nSPS) is 19.1. The summed E-state index contributed by atoms with van der Waals surface area (Å²) in [6.45, 7) is 3.16. The average Bonchev–Trinajstić information content (AvgIpc) is 2.86. The third kappa shape index (κ3) is 2.65. The van der Waals surface area contributed by atoms with Gasteiger partial charge in [-0.3, -0.25) is 14.4 Å². The second kappa shape index (κ2) is 5.73. The van der Waals surface area contributed by atoms with Crippen LogP contribution < -0.4 is 4.90 Å². The predicted octanol–water partition coefficient (Wildman–Crippen LogP) is 0.504. The topological polar surface area (TPSA) is 60.9 Å². The van der Waals surface area contributed by atoms with Crippen molar-refractivity contribution in [2.45, 2.75) is 0 Å². The number of amides is 3. The molecule has 1 aromatic carbocycles. The van der Waals surface area contributed by atoms with E-state index in [4.69, 9.17) is 0 Å². The maximum atomic E-state index is 12.4. The summed E-state index contributed by atoms with van der Waals surface area (Å²) in [6, 6.07) is 6.59. The third-order valence-corrected chi connectivity index (χ3v) is 3.97. The average molecular weight is 299 g/mol. The lowest BCUT2D eigenvalue weighted by Crippen LogP contribution is -2.47. The molecule has 0 aromatic heterocycles. The van der Waals surface area contributed by atoms with Gasteiger partial charge in [-0.25, -0.2) is 4.90 Å². The molecular formula is C16H17N3O3. The molecule has 3 rings (SSSR count). The number of anilines is 1. The molecular weight excluding hydrogens is 282 g/mol. The van der Waals surface area contributed by atoms with E-state index in [9.17, 15) is 14.4 Å². The Morgan fingerprint density at radius 2 is 1.45 bits per heavy atom. The van der Waals surface area contributed by atoms with E-state index in [1.165, 1.54) is 12.2 Å². The van der Waals surface area contributed by atoms with E-state index in [2.05, 4.69) is 4.90 Å². The van der Waals surface area contributed by atoms with E-state index in [-0.39, 0.29) is 17.7 Å². The monoisotopic (exact) mass is 299 g/mol. The first-order valence-corrected chi connectivity index (χ1v) is 7.20. The molecule has 0 unspecified atom stereocenters. The summed E-state index contributed by atoms with van der Waals surface area (Å²) in [5.41, 5.74) is 1.05. The molecule has 0 saturated carbocycles. The minimum absolute atomic E-state index is 0.0168. The Kier molecular flexibility index (Phi) is 3.77. The lowest BCUT2D eigenvalue weighted by atomic mass is 10.1. The van der Waals surface area contributed by atoms with E-state index in [1.807, 2.05) is 11.9 Å². The number of imide groups is 1. The van der Waals surface area contributed by atoms with Crippen LogP contribution in [0.1, 0.15) is 10.4 Å². The smallest absolute Gasteiger partial charge is 0.258 e. The highest BCUT2D eigenvalue weighted by Crippen LogP contribution is 2.20. The van der Waals surface area contributed by atoms with E-state index >= 15 is 0 Å². The van der Waals surface area contributed by atoms with Gasteiger partial charge in [-0.05, 0) is 31.3 Å². The SMILES string of the molecule is CN1CCN(C(=O)c2ccc(N3C(=O)C=CC3=O)cc2)CC1. The van der Waals surface area contributed by atoms with E-state index in [0.29, 0.717) is 24.3 Å². The minimum atomic E-state index is -0.358. The predicted molar refractivity (Wildman–Crippen MR) is 81.5 cm³/mol. The lowest BCUT2D eigenvalue weighted by molar-refractivity contribution is -0.119. The molecule has 1 saturated heterocycles. The Balaban J connectivity index is 1.73. The number of benzene rings is 1. The van der Waals surface area contributed by atoms with Gasteiger partial charge < -0.3 is 9.80 Å². The fourth-order valence-electron chi connectivity index (χ4n) is 2.60. The summed E-state index contributed by atoms with van der Waals surface area (Å²) in [6.07, 6.45) is 2.48. The number of rotatable bonds is 2. The summed E-state index contributed by atoms with van der Waals surface area (Å²) in [7, 11) is 2.04. The van der Waals surface area contributed by atoms with E-state index in [0.717, 1.165) is 18.0 Å². The maximum absolute atomic E-state index is 12.4. The zero-order chi connectivity index (χ0) is 15.7. The number of hydrogen-bond acceptors (Lipinski definition) is 4. The molecule has 114 valence electrons. The summed E-state index contributed by atoms with van der Waals surface area (Å²) >= 11 is 0. The van der Waals surface area contributed by atoms with Crippen molar-refractivity contribution < 1.29 is 14.4 Å². The Labute approximate surface area is 128 Å². The van der Waals surface area contributed by atoms with Crippen molar-refractivity contribution in [3.05, 3.63) is 42.0 Å². The number of carbonyl (C=O) groups is 3. The molecule has 0 bridgehead atoms. The van der Waals surface area contributed by atoms with Gasteiger partial charge in [-0.2, -0.15) is 0 Å². The van der Waals surface area contributed by atoms with Crippen molar-refractivity contribution in [2.75, 3.05) is 38.1 Å². The van der Waals surface area contributed by atoms with Crippen LogP contribution in [0.4, 0.5) is 5.69 Å². The van der Waals surface area contributed by atoms with Gasteiger partial charge in [0.1, 0.15) is 0 Å². The van der Waals surface area contributed by atoms with Crippen molar-refractivity contribution in [1.29, 1.82) is 0 Å². The molecule has 2 heterocycles. The van der Waals surface area contributed by atoms with Gasteiger partial charge in [-0.1, -0.05) is 0 Å². The molecule has 1 fully saturated rings. The highest BCUT2D eigenvalue weighted by atomic mass is 16.2. The van der Waals surface area contributed by atoms with Crippen molar-refractivity contribution in [3.8, 4) is 0 Å². The van der Waals surface area contributed by atoms with Crippen LogP contribution in [0.15, 0.2) is 36.4 Å². The van der Waals surface area contributed by atoms with Crippen molar-refractivity contribution >= 4 is 23.4 Å². The van der Waals surface area contributed by atoms with Crippen LogP contribution in [0.3, 0.4) is 0 Å². The first kappa shape index (κ1) is 14.5. The van der Waals surface area contributed by atoms with Gasteiger partial charge in [0.2, 0.25) is 0 Å². The quantitative estimate of drug-likeness (QED) is 0.746. The Morgan fingerprint density at radius 3 is 2.00 bits per heavy atom. The molecule has 3 amide bonds. The molecule has 0 spiro atoms. The van der Waals surface area contributed by atoms with E-state index < -0.39 is 0 Å². The van der Waals surface area contributed by atoms with Gasteiger partial charge in [0, 0.05) is 43.9 Å². The van der Waals surface area contributed by atoms with Crippen molar-refractivity contribution in [2.24, 2.45) is 0 Å². The molecule has 2 aliphatic heterocycles. The molecule has 6 nitrogen and oxygen atoms in total. The van der Waals surface area contributed by atoms with Gasteiger partial charge in [0.15, 0.2) is 0 Å². The standard InChI is InChI=1S/C16H17N3O3/c1-17-8-10-18(11-9-17)16(22)12-2-4-13(5-3-12)19-14(20)6-7-15(19)21/h2-7H,8-11H2,1H3. The fourth-order valence-corrected chi connectivity index (χ4v) is 2.60. The van der Waals surface area contributed by atoms with Crippen LogP contribution in [0.25, 0.3) is 0 Å². The van der Waals surface area contributed by atoms with Crippen LogP contribution in [0.5, 0.6) is 0 Å². The van der Waals surface area contributed by atoms with E-state index in [1.54, 1.807) is 24.3 Å². The molecule has 0 atom stereocenters. The number of hydrogen-bond donors (Lipinski definition) is 0. The molecule has 0 radical (unpaired) electrons. The second-order valence-corrected chi connectivity index (χ2v) is 5.49. The number of nitrogens with zero attached hydrogens (tertiary/aromatic N) is 3. The Bertz CT molecular complexity index is 625. The zero-order valence-corrected chi connectivity index (χ0v) is 12.4. The van der Waals surface area contributed by atoms with Gasteiger partial charge in [0.25, 0.3) is 17.7 Å². The van der Waals surface area contributed by atoms with Crippen molar-refractivity contribution in [3.63, 3.8) is 0 Å². The summed E-state index contributed by atoms with van der Waals surface area (Å²) in [4.78, 5) is 40.8. The first-order chi connectivity index (χ1) is 10.6. The van der Waals surface area contributed by atoms with Gasteiger partial charge in [0.05, 0.1) is 5.69 Å². The largest absolute Gasteiger partial charge is 0.336 e. The van der Waals surface area contributed by atoms with Crippen LogP contribution in [0.2, 0.25) is 0 Å². The van der Waals surface area contributed by atoms with Gasteiger partial charge in [-0.15, -0.1) is 0 Å². The van der Waals surface area contributed by atoms with Crippen molar-refractivity contribution in [1.82, 2.24) is 9.80 Å². The summed E-state index contributed by atoms with van der Waals surface area (Å²) in [5, 5.41) is 0. The molecule has 22 heavy (non-hydrogen) atoms. The van der Waals surface area contributed by atoms with Crippen LogP contribution in [0, 0.1) is 0 Å². The molecule has 0 N–H and O–H groups in total. The molecule has 6 heteroatoms. The third-order valence-electron chi connectivity index (χ3n) is 3.97. The number of carbonyl (C=O) groups excluding carboxylic acids is 3. The van der Waals surface area contributed by atoms with Crippen LogP contribution in [-0.2, 0) is 9.59 Å². The summed E-state index contributed by atoms with van der Waals surface area (Å²) in [5.74, 6) is -0.733. The summed E-state index contributed by atoms with van der Waals surface area (Å²) < 4.78 is 0. The first-order valence-electron chi connectivity index (χ1n) is 7.20. The highest BCUT2D eigenvalue weighted by molar-refractivity contribution is 6.28. The highest BCUT2D eigenvalue weighted by Gasteiger charge is 2.25. The minimum Gasteiger partial charge on any atom is -0.336 e. The second-order valence-electron chi connectivity index (χ2n) is 5.49. The Morgan fingerprint density at radius 1 is 0.909 bits per heavy atom. The maximum Gasteiger partial charge on any atom is 0.258 e. The van der Waals surface area contributed by atoms with Crippen LogP contribution >= 0.6 is 0 Å². The van der Waals surface area contributed by atoms with Crippen LogP contribution in [-0.4, -0.2) is 60.7 Å². The number of likely N-dealkylation sites (N-methyl/N-ethyl adjacent to an activating group) is 1. The molecule has 1 aromatic rings. The lowest BCUT2D eigenvalue weighted by Gasteiger charge is -2.32. The molecule has 0 aliphatic carbocycles. The Hall–Kier alpha value is -2.47. The fraction of sp³-hybridized carbons (Fsp3) is 0.312. The number of piperazine rings is 1. The molecule has 2 aliphatic rings. The zero-order valence-electron chi connectivity index (χ0n) is 12.4.